The second-order valence-corrected chi connectivity index (χ2v) is 4.47. The van der Waals surface area contributed by atoms with Gasteiger partial charge in [0.25, 0.3) is 0 Å². The average molecular weight is 277 g/mol. The van der Waals surface area contributed by atoms with E-state index in [2.05, 4.69) is 36.9 Å². The maximum absolute atomic E-state index is 5.81. The predicted octanol–water partition coefficient (Wildman–Crippen LogP) is 2.80. The van der Waals surface area contributed by atoms with Gasteiger partial charge in [0.15, 0.2) is 0 Å². The molecule has 0 saturated heterocycles. The van der Waals surface area contributed by atoms with Gasteiger partial charge < -0.3 is 10.6 Å². The molecule has 2 N–H and O–H groups in total. The van der Waals surface area contributed by atoms with Gasteiger partial charge in [0.05, 0.1) is 0 Å². The van der Waals surface area contributed by atoms with Crippen molar-refractivity contribution in [2.75, 3.05) is 18.0 Å². The van der Waals surface area contributed by atoms with Crippen molar-refractivity contribution in [1.82, 2.24) is 0 Å². The van der Waals surface area contributed by atoms with E-state index < -0.39 is 0 Å². The van der Waals surface area contributed by atoms with Gasteiger partial charge in [-0.1, -0.05) is 12.1 Å². The molecule has 17 heavy (non-hydrogen) atoms. The van der Waals surface area contributed by atoms with E-state index in [4.69, 9.17) is 5.73 Å². The minimum atomic E-state index is 0. The van der Waals surface area contributed by atoms with Gasteiger partial charge in [0.2, 0.25) is 0 Å². The molecular formula is C13H22Cl2N2. The van der Waals surface area contributed by atoms with E-state index in [1.807, 2.05) is 0 Å². The zero-order valence-electron chi connectivity index (χ0n) is 10.5. The lowest BCUT2D eigenvalue weighted by Crippen LogP contribution is -2.19. The van der Waals surface area contributed by atoms with Gasteiger partial charge in [-0.15, -0.1) is 24.8 Å². The molecule has 0 spiro atoms. The van der Waals surface area contributed by atoms with Crippen molar-refractivity contribution in [3.8, 4) is 0 Å². The molecule has 1 atom stereocenters. The first-order valence-corrected chi connectivity index (χ1v) is 5.83. The van der Waals surface area contributed by atoms with Crippen molar-refractivity contribution in [2.45, 2.75) is 32.7 Å². The minimum Gasteiger partial charge on any atom is -0.371 e. The second kappa shape index (κ2) is 7.10. The van der Waals surface area contributed by atoms with E-state index in [0.29, 0.717) is 0 Å². The maximum Gasteiger partial charge on any atom is 0.0399 e. The highest BCUT2D eigenvalue weighted by atomic mass is 35.5. The standard InChI is InChI=1S/C13H20N2.2ClH/c1-3-15-7-6-12-9-11(8-10(2)14)4-5-13(12)15;;/h4-5,9-10H,3,6-8,14H2,1-2H3;2*1H/t10-;;/m1../s1. The normalized spacial score (nSPS) is 14.6. The number of rotatable bonds is 3. The molecular weight excluding hydrogens is 255 g/mol. The van der Waals surface area contributed by atoms with Crippen LogP contribution in [0.4, 0.5) is 5.69 Å². The van der Waals surface area contributed by atoms with E-state index >= 15 is 0 Å². The van der Waals surface area contributed by atoms with Crippen LogP contribution in [0.1, 0.15) is 25.0 Å². The number of nitrogens with two attached hydrogens (primary N) is 1. The van der Waals surface area contributed by atoms with Crippen LogP contribution >= 0.6 is 24.8 Å². The third-order valence-electron chi connectivity index (χ3n) is 3.08. The Hall–Kier alpha value is -0.440. The van der Waals surface area contributed by atoms with Crippen molar-refractivity contribution in [3.63, 3.8) is 0 Å². The van der Waals surface area contributed by atoms with E-state index in [0.717, 1.165) is 13.0 Å². The quantitative estimate of drug-likeness (QED) is 0.920. The molecule has 0 bridgehead atoms. The van der Waals surface area contributed by atoms with E-state index in [9.17, 15) is 0 Å². The lowest BCUT2D eigenvalue weighted by Gasteiger charge is -2.16. The van der Waals surface area contributed by atoms with Crippen LogP contribution in [0.2, 0.25) is 0 Å². The molecule has 1 aromatic rings. The summed E-state index contributed by atoms with van der Waals surface area (Å²) in [6.45, 7) is 6.56. The first kappa shape index (κ1) is 16.6. The van der Waals surface area contributed by atoms with Crippen molar-refractivity contribution in [3.05, 3.63) is 29.3 Å². The van der Waals surface area contributed by atoms with Crippen LogP contribution in [0, 0.1) is 0 Å². The largest absolute Gasteiger partial charge is 0.371 e. The maximum atomic E-state index is 5.81. The van der Waals surface area contributed by atoms with Gasteiger partial charge in [-0.05, 0) is 43.9 Å². The van der Waals surface area contributed by atoms with Crippen molar-refractivity contribution in [2.24, 2.45) is 5.73 Å². The number of hydrogen-bond acceptors (Lipinski definition) is 2. The fourth-order valence-corrected chi connectivity index (χ4v) is 2.35. The fourth-order valence-electron chi connectivity index (χ4n) is 2.35. The third kappa shape index (κ3) is 3.77. The van der Waals surface area contributed by atoms with Gasteiger partial charge in [0.1, 0.15) is 0 Å². The summed E-state index contributed by atoms with van der Waals surface area (Å²) in [7, 11) is 0. The molecule has 1 aromatic carbocycles. The fraction of sp³-hybridized carbons (Fsp3) is 0.538. The Morgan fingerprint density at radius 2 is 2.06 bits per heavy atom. The summed E-state index contributed by atoms with van der Waals surface area (Å²) in [5, 5.41) is 0. The molecule has 1 aliphatic rings. The molecule has 0 unspecified atom stereocenters. The smallest absolute Gasteiger partial charge is 0.0399 e. The molecule has 2 nitrogen and oxygen atoms in total. The summed E-state index contributed by atoms with van der Waals surface area (Å²) in [4.78, 5) is 2.44. The van der Waals surface area contributed by atoms with Crippen LogP contribution in [0.25, 0.3) is 0 Å². The molecule has 0 fully saturated rings. The van der Waals surface area contributed by atoms with Crippen LogP contribution in [0.5, 0.6) is 0 Å². The molecule has 1 aliphatic heterocycles. The first-order valence-electron chi connectivity index (χ1n) is 5.83. The van der Waals surface area contributed by atoms with E-state index in [1.165, 1.54) is 29.8 Å². The Labute approximate surface area is 116 Å². The Morgan fingerprint density at radius 1 is 1.35 bits per heavy atom. The monoisotopic (exact) mass is 276 g/mol. The van der Waals surface area contributed by atoms with Crippen LogP contribution in [-0.4, -0.2) is 19.1 Å². The van der Waals surface area contributed by atoms with Crippen LogP contribution < -0.4 is 10.6 Å². The molecule has 1 heterocycles. The van der Waals surface area contributed by atoms with Crippen LogP contribution in [-0.2, 0) is 12.8 Å². The summed E-state index contributed by atoms with van der Waals surface area (Å²) < 4.78 is 0. The SMILES string of the molecule is CCN1CCc2cc(C[C@@H](C)N)ccc21.Cl.Cl. The molecule has 0 saturated carbocycles. The van der Waals surface area contributed by atoms with Crippen LogP contribution in [0.15, 0.2) is 18.2 Å². The summed E-state index contributed by atoms with van der Waals surface area (Å²) in [5.41, 5.74) is 10.1. The number of likely N-dealkylation sites (N-methyl/N-ethyl adjacent to an activating group) is 1. The zero-order chi connectivity index (χ0) is 10.8. The molecule has 0 amide bonds. The van der Waals surface area contributed by atoms with Crippen molar-refractivity contribution >= 4 is 30.5 Å². The first-order chi connectivity index (χ1) is 7.20. The lowest BCUT2D eigenvalue weighted by atomic mass is 10.0. The van der Waals surface area contributed by atoms with E-state index in [1.54, 1.807) is 0 Å². The van der Waals surface area contributed by atoms with Gasteiger partial charge in [0, 0.05) is 24.8 Å². The molecule has 0 aromatic heterocycles. The van der Waals surface area contributed by atoms with Crippen molar-refractivity contribution in [1.29, 1.82) is 0 Å². The molecule has 4 heteroatoms. The lowest BCUT2D eigenvalue weighted by molar-refractivity contribution is 0.737. The molecule has 0 radical (unpaired) electrons. The number of anilines is 1. The third-order valence-corrected chi connectivity index (χ3v) is 3.08. The summed E-state index contributed by atoms with van der Waals surface area (Å²) in [6.07, 6.45) is 2.18. The van der Waals surface area contributed by atoms with Gasteiger partial charge in [-0.3, -0.25) is 0 Å². The van der Waals surface area contributed by atoms with E-state index in [-0.39, 0.29) is 30.9 Å². The number of nitrogens with zero attached hydrogens (tertiary/aromatic N) is 1. The number of benzene rings is 1. The average Bonchev–Trinajstić information content (AvgIpc) is 2.58. The number of fused-ring (bicyclic) bond motifs is 1. The topological polar surface area (TPSA) is 29.3 Å². The number of hydrogen-bond donors (Lipinski definition) is 1. The van der Waals surface area contributed by atoms with Crippen LogP contribution in [0.3, 0.4) is 0 Å². The minimum absolute atomic E-state index is 0. The van der Waals surface area contributed by atoms with Gasteiger partial charge in [-0.2, -0.15) is 0 Å². The molecule has 0 aliphatic carbocycles. The summed E-state index contributed by atoms with van der Waals surface area (Å²) in [5.74, 6) is 0. The highest BCUT2D eigenvalue weighted by Gasteiger charge is 2.17. The predicted molar refractivity (Wildman–Crippen MR) is 79.9 cm³/mol. The summed E-state index contributed by atoms with van der Waals surface area (Å²) in [6, 6.07) is 7.06. The zero-order valence-corrected chi connectivity index (χ0v) is 12.1. The van der Waals surface area contributed by atoms with Crippen molar-refractivity contribution < 1.29 is 0 Å². The number of halogens is 2. The van der Waals surface area contributed by atoms with Gasteiger partial charge >= 0.3 is 0 Å². The Balaban J connectivity index is 0.00000128. The highest BCUT2D eigenvalue weighted by molar-refractivity contribution is 5.85. The molecule has 2 rings (SSSR count). The summed E-state index contributed by atoms with van der Waals surface area (Å²) >= 11 is 0. The Morgan fingerprint density at radius 3 is 2.65 bits per heavy atom. The second-order valence-electron chi connectivity index (χ2n) is 4.47. The molecule has 98 valence electrons. The Kier molecular flexibility index (Phi) is 6.91. The Bertz CT molecular complexity index is 353. The van der Waals surface area contributed by atoms with Gasteiger partial charge in [-0.25, -0.2) is 0 Å². The highest BCUT2D eigenvalue weighted by Crippen LogP contribution is 2.28.